The molecule has 0 unspecified atom stereocenters. The SMILES string of the molecule is O=S(=O)(CCCCCl)Nc1ccc(OCC(F)(F)F)nc1. The standard InChI is InChI=1S/C11H14ClF3N2O3S/c12-5-1-2-6-21(18,19)17-9-3-4-10(16-7-9)20-8-11(13,14)15/h3-4,7,17H,1-2,5-6,8H2. The maximum Gasteiger partial charge on any atom is 0.422 e. The Bertz CT molecular complexity index is 535. The van der Waals surface area contributed by atoms with E-state index in [0.29, 0.717) is 18.7 Å². The molecule has 120 valence electrons. The first kappa shape index (κ1) is 17.8. The monoisotopic (exact) mass is 346 g/mol. The lowest BCUT2D eigenvalue weighted by Crippen LogP contribution is -2.20. The number of sulfonamides is 1. The minimum Gasteiger partial charge on any atom is -0.468 e. The molecule has 0 spiro atoms. The summed E-state index contributed by atoms with van der Waals surface area (Å²) in [6.07, 6.45) is -2.38. The van der Waals surface area contributed by atoms with Crippen molar-refractivity contribution in [3.63, 3.8) is 0 Å². The van der Waals surface area contributed by atoms with Crippen molar-refractivity contribution in [2.24, 2.45) is 0 Å². The number of nitrogens with zero attached hydrogens (tertiary/aromatic N) is 1. The Balaban J connectivity index is 2.54. The number of halogens is 4. The second-order valence-electron chi connectivity index (χ2n) is 4.11. The predicted molar refractivity (Wildman–Crippen MR) is 73.2 cm³/mol. The van der Waals surface area contributed by atoms with Gasteiger partial charge in [-0.2, -0.15) is 13.2 Å². The minimum absolute atomic E-state index is 0.0912. The van der Waals surface area contributed by atoms with Crippen molar-refractivity contribution >= 4 is 27.3 Å². The quantitative estimate of drug-likeness (QED) is 0.580. The van der Waals surface area contributed by atoms with Crippen LogP contribution in [0.15, 0.2) is 18.3 Å². The molecule has 21 heavy (non-hydrogen) atoms. The van der Waals surface area contributed by atoms with E-state index < -0.39 is 22.8 Å². The molecule has 0 bridgehead atoms. The summed E-state index contributed by atoms with van der Waals surface area (Å²) in [5.74, 6) is 0.0476. The fraction of sp³-hybridized carbons (Fsp3) is 0.545. The van der Waals surface area contributed by atoms with E-state index in [1.165, 1.54) is 6.07 Å². The molecule has 0 saturated carbocycles. The Morgan fingerprint density at radius 1 is 1.29 bits per heavy atom. The van der Waals surface area contributed by atoms with Crippen molar-refractivity contribution in [2.45, 2.75) is 19.0 Å². The molecule has 1 N–H and O–H groups in total. The summed E-state index contributed by atoms with van der Waals surface area (Å²) in [7, 11) is -3.52. The molecule has 1 heterocycles. The predicted octanol–water partition coefficient (Wildman–Crippen LogP) is 2.78. The minimum atomic E-state index is -4.45. The van der Waals surface area contributed by atoms with Crippen molar-refractivity contribution < 1.29 is 26.3 Å². The maximum absolute atomic E-state index is 11.9. The molecule has 10 heteroatoms. The van der Waals surface area contributed by atoms with E-state index in [4.69, 9.17) is 11.6 Å². The van der Waals surface area contributed by atoms with Gasteiger partial charge in [0.05, 0.1) is 17.6 Å². The summed E-state index contributed by atoms with van der Waals surface area (Å²) in [5, 5.41) is 0. The Morgan fingerprint density at radius 2 is 2.00 bits per heavy atom. The number of rotatable bonds is 8. The highest BCUT2D eigenvalue weighted by Crippen LogP contribution is 2.18. The van der Waals surface area contributed by atoms with Crippen LogP contribution in [0.5, 0.6) is 5.88 Å². The van der Waals surface area contributed by atoms with Crippen LogP contribution in [-0.4, -0.2) is 37.8 Å². The Kier molecular flexibility index (Phi) is 6.53. The molecule has 0 aliphatic rings. The zero-order valence-corrected chi connectivity index (χ0v) is 12.4. The highest BCUT2D eigenvalue weighted by molar-refractivity contribution is 7.92. The van der Waals surface area contributed by atoms with E-state index in [-0.39, 0.29) is 17.3 Å². The average Bonchev–Trinajstić information content (AvgIpc) is 2.37. The normalized spacial score (nSPS) is 12.2. The number of hydrogen-bond acceptors (Lipinski definition) is 4. The van der Waals surface area contributed by atoms with Gasteiger partial charge in [-0.15, -0.1) is 11.6 Å². The zero-order valence-electron chi connectivity index (χ0n) is 10.9. The number of alkyl halides is 4. The molecule has 0 aromatic carbocycles. The fourth-order valence-corrected chi connectivity index (χ4v) is 2.65. The third kappa shape index (κ3) is 7.96. The van der Waals surface area contributed by atoms with Crippen molar-refractivity contribution in [1.82, 2.24) is 4.98 Å². The van der Waals surface area contributed by atoms with Gasteiger partial charge in [-0.1, -0.05) is 0 Å². The molecule has 0 aliphatic heterocycles. The van der Waals surface area contributed by atoms with Gasteiger partial charge in [0.1, 0.15) is 0 Å². The first-order chi connectivity index (χ1) is 9.72. The molecular formula is C11H14ClF3N2O3S. The number of unbranched alkanes of at least 4 members (excludes halogenated alkanes) is 1. The molecule has 0 saturated heterocycles. The van der Waals surface area contributed by atoms with Gasteiger partial charge in [-0.05, 0) is 18.9 Å². The smallest absolute Gasteiger partial charge is 0.422 e. The number of pyridine rings is 1. The van der Waals surface area contributed by atoms with Crippen LogP contribution in [0.1, 0.15) is 12.8 Å². The summed E-state index contributed by atoms with van der Waals surface area (Å²) in [6, 6.07) is 2.43. The van der Waals surface area contributed by atoms with E-state index in [1.807, 2.05) is 0 Å². The molecule has 1 aromatic heterocycles. The number of ether oxygens (including phenoxy) is 1. The molecule has 5 nitrogen and oxygen atoms in total. The molecule has 0 aliphatic carbocycles. The zero-order chi connectivity index (χ0) is 15.9. The fourth-order valence-electron chi connectivity index (χ4n) is 1.30. The van der Waals surface area contributed by atoms with Crippen LogP contribution in [0, 0.1) is 0 Å². The van der Waals surface area contributed by atoms with E-state index in [2.05, 4.69) is 14.4 Å². The van der Waals surface area contributed by atoms with Gasteiger partial charge in [-0.3, -0.25) is 4.72 Å². The summed E-state index contributed by atoms with van der Waals surface area (Å²) in [6.45, 7) is -1.45. The number of aromatic nitrogens is 1. The lowest BCUT2D eigenvalue weighted by atomic mass is 10.4. The Hall–Kier alpha value is -1.22. The number of hydrogen-bond donors (Lipinski definition) is 1. The second-order valence-corrected chi connectivity index (χ2v) is 6.33. The molecule has 1 aromatic rings. The van der Waals surface area contributed by atoms with Gasteiger partial charge >= 0.3 is 6.18 Å². The highest BCUT2D eigenvalue weighted by Gasteiger charge is 2.28. The summed E-state index contributed by atoms with van der Waals surface area (Å²) in [5.41, 5.74) is 0.153. The van der Waals surface area contributed by atoms with Crippen molar-refractivity contribution in [2.75, 3.05) is 23.0 Å². The number of anilines is 1. The lowest BCUT2D eigenvalue weighted by Gasteiger charge is -2.10. The number of nitrogens with one attached hydrogen (secondary N) is 1. The lowest BCUT2D eigenvalue weighted by molar-refractivity contribution is -0.154. The van der Waals surface area contributed by atoms with Crippen LogP contribution in [0.4, 0.5) is 18.9 Å². The topological polar surface area (TPSA) is 68.3 Å². The van der Waals surface area contributed by atoms with E-state index in [1.54, 1.807) is 0 Å². The van der Waals surface area contributed by atoms with Crippen LogP contribution < -0.4 is 9.46 Å². The Labute approximate surface area is 125 Å². The third-order valence-corrected chi connectivity index (χ3v) is 3.83. The maximum atomic E-state index is 11.9. The average molecular weight is 347 g/mol. The van der Waals surface area contributed by atoms with Crippen molar-refractivity contribution in [3.05, 3.63) is 18.3 Å². The molecule has 0 fully saturated rings. The molecular weight excluding hydrogens is 333 g/mol. The summed E-state index contributed by atoms with van der Waals surface area (Å²) < 4.78 is 65.8. The molecule has 0 atom stereocenters. The van der Waals surface area contributed by atoms with Crippen LogP contribution in [0.25, 0.3) is 0 Å². The van der Waals surface area contributed by atoms with Gasteiger partial charge in [0.15, 0.2) is 6.61 Å². The van der Waals surface area contributed by atoms with E-state index in [9.17, 15) is 21.6 Å². The van der Waals surface area contributed by atoms with Gasteiger partial charge in [0.25, 0.3) is 0 Å². The molecule has 0 amide bonds. The van der Waals surface area contributed by atoms with Crippen LogP contribution >= 0.6 is 11.6 Å². The second kappa shape index (κ2) is 7.69. The van der Waals surface area contributed by atoms with Crippen molar-refractivity contribution in [3.8, 4) is 5.88 Å². The van der Waals surface area contributed by atoms with Crippen LogP contribution in [-0.2, 0) is 10.0 Å². The van der Waals surface area contributed by atoms with Crippen LogP contribution in [0.2, 0.25) is 0 Å². The van der Waals surface area contributed by atoms with Gasteiger partial charge in [-0.25, -0.2) is 13.4 Å². The van der Waals surface area contributed by atoms with Gasteiger partial charge < -0.3 is 4.74 Å². The van der Waals surface area contributed by atoms with Crippen LogP contribution in [0.3, 0.4) is 0 Å². The van der Waals surface area contributed by atoms with Gasteiger partial charge in [0.2, 0.25) is 15.9 Å². The highest BCUT2D eigenvalue weighted by atomic mass is 35.5. The summed E-state index contributed by atoms with van der Waals surface area (Å²) >= 11 is 5.45. The first-order valence-corrected chi connectivity index (χ1v) is 8.12. The third-order valence-electron chi connectivity index (χ3n) is 2.19. The van der Waals surface area contributed by atoms with E-state index in [0.717, 1.165) is 12.3 Å². The van der Waals surface area contributed by atoms with Crippen molar-refractivity contribution in [1.29, 1.82) is 0 Å². The largest absolute Gasteiger partial charge is 0.468 e. The summed E-state index contributed by atoms with van der Waals surface area (Å²) in [4.78, 5) is 3.59. The first-order valence-electron chi connectivity index (χ1n) is 5.94. The molecule has 1 rings (SSSR count). The van der Waals surface area contributed by atoms with E-state index >= 15 is 0 Å². The van der Waals surface area contributed by atoms with Gasteiger partial charge in [0, 0.05) is 11.9 Å². The Morgan fingerprint density at radius 3 is 2.52 bits per heavy atom. The molecule has 0 radical (unpaired) electrons.